The second-order valence-corrected chi connectivity index (χ2v) is 7.64. The number of esters is 1. The molecule has 1 aliphatic heterocycles. The largest absolute Gasteiger partial charge is 0.463 e. The van der Waals surface area contributed by atoms with Crippen LogP contribution >= 0.6 is 0 Å². The molecule has 170 valence electrons. The fourth-order valence-corrected chi connectivity index (χ4v) is 4.13. The van der Waals surface area contributed by atoms with E-state index in [0.29, 0.717) is 18.5 Å². The molecule has 1 unspecified atom stereocenters. The SMILES string of the molecule is CCCC1=C(C(=O)OCC)C(c2ccccc2C(F)(F)F)CC(=O)N1Cc1ccccc1. The van der Waals surface area contributed by atoms with Crippen molar-refractivity contribution in [3.63, 3.8) is 0 Å². The fraction of sp³-hybridized carbons (Fsp3) is 0.360. The number of hydrogen-bond donors (Lipinski definition) is 0. The Morgan fingerprint density at radius 1 is 1.06 bits per heavy atom. The number of carbonyl (C=O) groups is 2. The molecule has 2 aromatic rings. The molecule has 4 nitrogen and oxygen atoms in total. The Labute approximate surface area is 185 Å². The van der Waals surface area contributed by atoms with Crippen molar-refractivity contribution in [1.82, 2.24) is 4.90 Å². The number of alkyl halides is 3. The first kappa shape index (κ1) is 23.6. The zero-order valence-electron chi connectivity index (χ0n) is 18.1. The molecule has 0 bridgehead atoms. The Bertz CT molecular complexity index is 999. The molecule has 1 amide bonds. The summed E-state index contributed by atoms with van der Waals surface area (Å²) in [6.07, 6.45) is -3.85. The van der Waals surface area contributed by atoms with Gasteiger partial charge in [-0.25, -0.2) is 4.79 Å². The quantitative estimate of drug-likeness (QED) is 0.503. The van der Waals surface area contributed by atoms with Gasteiger partial charge in [-0.3, -0.25) is 4.79 Å². The van der Waals surface area contributed by atoms with Crippen molar-refractivity contribution in [2.24, 2.45) is 0 Å². The van der Waals surface area contributed by atoms with Gasteiger partial charge in [-0.1, -0.05) is 61.9 Å². The minimum Gasteiger partial charge on any atom is -0.463 e. The normalized spacial score (nSPS) is 17.0. The zero-order valence-corrected chi connectivity index (χ0v) is 18.1. The number of benzene rings is 2. The number of amides is 1. The summed E-state index contributed by atoms with van der Waals surface area (Å²) in [5.41, 5.74) is 0.525. The smallest absolute Gasteiger partial charge is 0.416 e. The van der Waals surface area contributed by atoms with E-state index in [1.165, 1.54) is 23.1 Å². The van der Waals surface area contributed by atoms with Gasteiger partial charge in [0.2, 0.25) is 5.91 Å². The molecule has 0 N–H and O–H groups in total. The summed E-state index contributed by atoms with van der Waals surface area (Å²) in [5.74, 6) is -2.01. The maximum Gasteiger partial charge on any atom is 0.416 e. The lowest BCUT2D eigenvalue weighted by atomic mass is 9.80. The van der Waals surface area contributed by atoms with Crippen LogP contribution in [0.2, 0.25) is 0 Å². The molecule has 1 aliphatic rings. The van der Waals surface area contributed by atoms with Gasteiger partial charge >= 0.3 is 12.1 Å². The van der Waals surface area contributed by atoms with Gasteiger partial charge in [0, 0.05) is 18.0 Å². The van der Waals surface area contributed by atoms with Crippen LogP contribution in [0.3, 0.4) is 0 Å². The van der Waals surface area contributed by atoms with E-state index in [1.54, 1.807) is 6.92 Å². The van der Waals surface area contributed by atoms with Crippen LogP contribution in [0.15, 0.2) is 65.9 Å². The van der Waals surface area contributed by atoms with E-state index in [2.05, 4.69) is 0 Å². The molecule has 1 heterocycles. The third-order valence-corrected chi connectivity index (χ3v) is 5.47. The number of allylic oxidation sites excluding steroid dienone is 1. The highest BCUT2D eigenvalue weighted by Gasteiger charge is 2.42. The first-order valence-corrected chi connectivity index (χ1v) is 10.7. The van der Waals surface area contributed by atoms with Gasteiger partial charge in [0.25, 0.3) is 0 Å². The Balaban J connectivity index is 2.19. The van der Waals surface area contributed by atoms with Crippen LogP contribution in [0, 0.1) is 0 Å². The Hall–Kier alpha value is -3.09. The average Bonchev–Trinajstić information content (AvgIpc) is 2.76. The van der Waals surface area contributed by atoms with Crippen molar-refractivity contribution in [2.45, 2.75) is 51.7 Å². The van der Waals surface area contributed by atoms with Crippen LogP contribution in [0.25, 0.3) is 0 Å². The zero-order chi connectivity index (χ0) is 23.3. The predicted molar refractivity (Wildman–Crippen MR) is 114 cm³/mol. The minimum atomic E-state index is -4.61. The van der Waals surface area contributed by atoms with Gasteiger partial charge in [-0.2, -0.15) is 13.2 Å². The van der Waals surface area contributed by atoms with Crippen LogP contribution in [0.1, 0.15) is 55.7 Å². The topological polar surface area (TPSA) is 46.6 Å². The molecule has 7 heteroatoms. The maximum absolute atomic E-state index is 13.8. The molecule has 32 heavy (non-hydrogen) atoms. The lowest BCUT2D eigenvalue weighted by molar-refractivity contribution is -0.142. The first-order chi connectivity index (χ1) is 15.3. The summed E-state index contributed by atoms with van der Waals surface area (Å²) in [5, 5.41) is 0. The third-order valence-electron chi connectivity index (χ3n) is 5.47. The molecular weight excluding hydrogens is 419 g/mol. The van der Waals surface area contributed by atoms with E-state index in [0.717, 1.165) is 11.6 Å². The number of nitrogens with zero attached hydrogens (tertiary/aromatic N) is 1. The molecule has 0 saturated carbocycles. The molecule has 0 fully saturated rings. The monoisotopic (exact) mass is 445 g/mol. The summed E-state index contributed by atoms with van der Waals surface area (Å²) in [7, 11) is 0. The highest BCUT2D eigenvalue weighted by atomic mass is 19.4. The average molecular weight is 445 g/mol. The predicted octanol–water partition coefficient (Wildman–Crippen LogP) is 5.84. The lowest BCUT2D eigenvalue weighted by Gasteiger charge is -2.36. The van der Waals surface area contributed by atoms with E-state index in [1.807, 2.05) is 37.3 Å². The van der Waals surface area contributed by atoms with Crippen molar-refractivity contribution in [3.05, 3.63) is 82.6 Å². The van der Waals surface area contributed by atoms with Gasteiger partial charge in [-0.15, -0.1) is 0 Å². The number of carbonyl (C=O) groups excluding carboxylic acids is 2. The first-order valence-electron chi connectivity index (χ1n) is 10.7. The van der Waals surface area contributed by atoms with Crippen LogP contribution in [-0.2, 0) is 27.0 Å². The van der Waals surface area contributed by atoms with Crippen molar-refractivity contribution < 1.29 is 27.5 Å². The standard InChI is InChI=1S/C25H26F3NO3/c1-3-10-21-23(24(31)32-4-2)19(18-13-8-9-14-20(18)25(26,27)28)15-22(30)29(21)16-17-11-6-5-7-12-17/h5-9,11-14,19H,3-4,10,15-16H2,1-2H3. The molecular formula is C25H26F3NO3. The van der Waals surface area contributed by atoms with E-state index in [-0.39, 0.29) is 36.6 Å². The van der Waals surface area contributed by atoms with Crippen LogP contribution < -0.4 is 0 Å². The number of rotatable bonds is 7. The molecule has 0 spiro atoms. The van der Waals surface area contributed by atoms with E-state index < -0.39 is 23.6 Å². The summed E-state index contributed by atoms with van der Waals surface area (Å²) in [6, 6.07) is 14.4. The van der Waals surface area contributed by atoms with Gasteiger partial charge < -0.3 is 9.64 Å². The van der Waals surface area contributed by atoms with Crippen molar-refractivity contribution in [3.8, 4) is 0 Å². The molecule has 0 radical (unpaired) electrons. The Morgan fingerprint density at radius 2 is 1.72 bits per heavy atom. The number of ether oxygens (including phenoxy) is 1. The number of halogens is 3. The molecule has 0 aromatic heterocycles. The Morgan fingerprint density at radius 3 is 2.34 bits per heavy atom. The number of hydrogen-bond acceptors (Lipinski definition) is 3. The van der Waals surface area contributed by atoms with Crippen molar-refractivity contribution >= 4 is 11.9 Å². The van der Waals surface area contributed by atoms with Crippen LogP contribution in [0.4, 0.5) is 13.2 Å². The fourth-order valence-electron chi connectivity index (χ4n) is 4.13. The highest BCUT2D eigenvalue weighted by molar-refractivity contribution is 5.96. The summed E-state index contributed by atoms with van der Waals surface area (Å²) in [4.78, 5) is 27.8. The summed E-state index contributed by atoms with van der Waals surface area (Å²) in [6.45, 7) is 3.87. The van der Waals surface area contributed by atoms with E-state index in [9.17, 15) is 22.8 Å². The maximum atomic E-state index is 13.8. The van der Waals surface area contributed by atoms with Gasteiger partial charge in [0.1, 0.15) is 0 Å². The minimum absolute atomic E-state index is 0.0793. The second kappa shape index (κ2) is 10.0. The van der Waals surface area contributed by atoms with E-state index in [4.69, 9.17) is 4.74 Å². The Kier molecular flexibility index (Phi) is 7.38. The van der Waals surface area contributed by atoms with E-state index >= 15 is 0 Å². The van der Waals surface area contributed by atoms with Crippen molar-refractivity contribution in [2.75, 3.05) is 6.61 Å². The van der Waals surface area contributed by atoms with Crippen LogP contribution in [0.5, 0.6) is 0 Å². The molecule has 0 saturated heterocycles. The highest BCUT2D eigenvalue weighted by Crippen LogP contribution is 2.44. The molecule has 1 atom stereocenters. The van der Waals surface area contributed by atoms with Crippen LogP contribution in [-0.4, -0.2) is 23.4 Å². The lowest BCUT2D eigenvalue weighted by Crippen LogP contribution is -2.39. The summed E-state index contributed by atoms with van der Waals surface area (Å²) < 4.78 is 46.5. The molecule has 2 aromatic carbocycles. The molecule has 0 aliphatic carbocycles. The second-order valence-electron chi connectivity index (χ2n) is 7.64. The van der Waals surface area contributed by atoms with Crippen molar-refractivity contribution in [1.29, 1.82) is 0 Å². The third kappa shape index (κ3) is 5.03. The van der Waals surface area contributed by atoms with Gasteiger partial charge in [0.15, 0.2) is 0 Å². The van der Waals surface area contributed by atoms with Gasteiger partial charge in [-0.05, 0) is 30.5 Å². The van der Waals surface area contributed by atoms with Gasteiger partial charge in [0.05, 0.1) is 24.3 Å². The summed E-state index contributed by atoms with van der Waals surface area (Å²) >= 11 is 0. The molecule has 3 rings (SSSR count).